The van der Waals surface area contributed by atoms with Crippen LogP contribution in [-0.4, -0.2) is 55.9 Å². The molecule has 0 radical (unpaired) electrons. The minimum absolute atomic E-state index is 0.0316. The monoisotopic (exact) mass is 652 g/mol. The maximum Gasteiger partial charge on any atom is 0.258 e. The normalized spacial score (nSPS) is 33.1. The lowest BCUT2D eigenvalue weighted by atomic mass is 9.56. The third-order valence-corrected chi connectivity index (χ3v) is 10.3. The Labute approximate surface area is 245 Å². The predicted molar refractivity (Wildman–Crippen MR) is 143 cm³/mol. The highest BCUT2D eigenvalue weighted by molar-refractivity contribution is 9.10. The van der Waals surface area contributed by atoms with Gasteiger partial charge in [0.2, 0.25) is 0 Å². The minimum Gasteiger partial charge on any atom is -0.504 e. The Bertz CT molecular complexity index is 1550. The Morgan fingerprint density at radius 2 is 1.73 bits per heavy atom. The van der Waals surface area contributed by atoms with Gasteiger partial charge in [0.1, 0.15) is 5.82 Å². The molecule has 2 saturated heterocycles. The number of phenolic OH excluding ortho intramolecular Hbond substituents is 1. The maximum atomic E-state index is 14.2. The number of allylic oxidation sites excluding steroid dienone is 2. The van der Waals surface area contributed by atoms with E-state index in [-0.39, 0.29) is 40.7 Å². The SMILES string of the molecule is COc1cc(Br)cc([C@H]2C3=CC[C@@H]4C(=O)N(O)C(=O)[C@@H]4[C@@H]3C[C@@]3(Cl)C(=O)N(c4ccc(F)cc4)C(=O)[C@@]23Cl)c1O. The topological polar surface area (TPSA) is 124 Å². The summed E-state index contributed by atoms with van der Waals surface area (Å²) >= 11 is 17.8. The van der Waals surface area contributed by atoms with Crippen molar-refractivity contribution in [3.8, 4) is 11.5 Å². The van der Waals surface area contributed by atoms with E-state index in [1.165, 1.54) is 31.4 Å². The van der Waals surface area contributed by atoms with Gasteiger partial charge in [-0.05, 0) is 55.2 Å². The summed E-state index contributed by atoms with van der Waals surface area (Å²) in [7, 11) is 1.33. The second-order valence-electron chi connectivity index (χ2n) is 10.3. The van der Waals surface area contributed by atoms with E-state index in [1.54, 1.807) is 6.08 Å². The van der Waals surface area contributed by atoms with E-state index in [0.29, 0.717) is 10.0 Å². The molecule has 1 saturated carbocycles. The van der Waals surface area contributed by atoms with Crippen molar-refractivity contribution >= 4 is 68.4 Å². The molecule has 4 aliphatic rings. The van der Waals surface area contributed by atoms with Crippen molar-refractivity contribution in [1.82, 2.24) is 5.06 Å². The molecule has 2 aliphatic heterocycles. The average molecular weight is 654 g/mol. The highest BCUT2D eigenvalue weighted by Gasteiger charge is 2.77. The van der Waals surface area contributed by atoms with Crippen LogP contribution in [0.5, 0.6) is 11.5 Å². The fraction of sp³-hybridized carbons (Fsp3) is 0.333. The van der Waals surface area contributed by atoms with Gasteiger partial charge in [0, 0.05) is 16.0 Å². The molecule has 0 bridgehead atoms. The van der Waals surface area contributed by atoms with Crippen LogP contribution < -0.4 is 9.64 Å². The van der Waals surface area contributed by atoms with Gasteiger partial charge in [0.25, 0.3) is 23.6 Å². The number of aromatic hydroxyl groups is 1. The average Bonchev–Trinajstić information content (AvgIpc) is 3.23. The largest absolute Gasteiger partial charge is 0.504 e. The van der Waals surface area contributed by atoms with E-state index in [9.17, 15) is 33.9 Å². The number of nitrogens with zero attached hydrogens (tertiary/aromatic N) is 2. The molecule has 6 rings (SSSR count). The van der Waals surface area contributed by atoms with E-state index >= 15 is 0 Å². The van der Waals surface area contributed by atoms with Crippen LogP contribution in [-0.2, 0) is 19.2 Å². The first-order chi connectivity index (χ1) is 18.9. The van der Waals surface area contributed by atoms with Crippen molar-refractivity contribution in [2.24, 2.45) is 17.8 Å². The number of rotatable bonds is 3. The molecule has 2 aromatic rings. The molecule has 0 spiro atoms. The van der Waals surface area contributed by atoms with Gasteiger partial charge in [-0.15, -0.1) is 23.2 Å². The fourth-order valence-electron chi connectivity index (χ4n) is 6.70. The van der Waals surface area contributed by atoms with Gasteiger partial charge in [-0.2, -0.15) is 5.06 Å². The molecule has 208 valence electrons. The number of imide groups is 2. The summed E-state index contributed by atoms with van der Waals surface area (Å²) in [5, 5.41) is 21.5. The number of hydroxylamine groups is 2. The lowest BCUT2D eigenvalue weighted by molar-refractivity contribution is -0.173. The van der Waals surface area contributed by atoms with Gasteiger partial charge in [-0.3, -0.25) is 24.4 Å². The Morgan fingerprint density at radius 1 is 1.05 bits per heavy atom. The molecule has 3 fully saturated rings. The number of fused-ring (bicyclic) bond motifs is 4. The van der Waals surface area contributed by atoms with Gasteiger partial charge in [0.05, 0.1) is 24.6 Å². The second-order valence-corrected chi connectivity index (χ2v) is 12.4. The number of benzene rings is 2. The smallest absolute Gasteiger partial charge is 0.258 e. The zero-order chi connectivity index (χ0) is 28.9. The molecule has 40 heavy (non-hydrogen) atoms. The summed E-state index contributed by atoms with van der Waals surface area (Å²) in [6.45, 7) is 0. The summed E-state index contributed by atoms with van der Waals surface area (Å²) in [5.41, 5.74) is 0.547. The molecular formula is C27H20BrCl2FN2O7. The van der Waals surface area contributed by atoms with Crippen LogP contribution in [0, 0.1) is 23.6 Å². The highest BCUT2D eigenvalue weighted by atomic mass is 79.9. The van der Waals surface area contributed by atoms with Crippen molar-refractivity contribution in [2.45, 2.75) is 28.5 Å². The first-order valence-electron chi connectivity index (χ1n) is 12.2. The number of halogens is 4. The van der Waals surface area contributed by atoms with Gasteiger partial charge < -0.3 is 9.84 Å². The molecular weight excluding hydrogens is 634 g/mol. The molecule has 6 atom stereocenters. The number of carbonyl (C=O) groups excluding carboxylic acids is 4. The van der Waals surface area contributed by atoms with Crippen molar-refractivity contribution in [3.63, 3.8) is 0 Å². The van der Waals surface area contributed by atoms with Crippen LogP contribution in [0.15, 0.2) is 52.5 Å². The van der Waals surface area contributed by atoms with Crippen molar-refractivity contribution < 1.29 is 38.6 Å². The summed E-state index contributed by atoms with van der Waals surface area (Å²) < 4.78 is 19.5. The fourth-order valence-corrected chi connectivity index (χ4v) is 8.08. The second kappa shape index (κ2) is 9.01. The van der Waals surface area contributed by atoms with Crippen LogP contribution in [0.1, 0.15) is 24.3 Å². The van der Waals surface area contributed by atoms with Gasteiger partial charge in [-0.1, -0.05) is 27.6 Å². The number of anilines is 1. The molecule has 2 aromatic carbocycles. The van der Waals surface area contributed by atoms with Crippen molar-refractivity contribution in [2.75, 3.05) is 12.0 Å². The minimum atomic E-state index is -2.22. The van der Waals surface area contributed by atoms with Crippen LogP contribution in [0.2, 0.25) is 0 Å². The predicted octanol–water partition coefficient (Wildman–Crippen LogP) is 4.26. The van der Waals surface area contributed by atoms with Gasteiger partial charge in [-0.25, -0.2) is 9.29 Å². The standard InChI is InChI=1S/C27H20BrCl2FN2O7/c1-40-18-9-11(28)8-16(21(18)34)20-14-6-7-15-19(23(36)33(39)22(15)35)17(14)10-26(29)24(37)32(25(38)27(20,26)30)13-4-2-12(31)3-5-13/h2-6,8-9,15,17,19-20,34,39H,7,10H2,1H3/t15-,17+,19-,20+,26+,27-/m0/s1. The van der Waals surface area contributed by atoms with E-state index in [4.69, 9.17) is 27.9 Å². The lowest BCUT2D eigenvalue weighted by Crippen LogP contribution is -2.60. The first-order valence-corrected chi connectivity index (χ1v) is 13.8. The number of methoxy groups -OCH3 is 1. The van der Waals surface area contributed by atoms with Crippen LogP contribution in [0.3, 0.4) is 0 Å². The van der Waals surface area contributed by atoms with E-state index in [1.807, 2.05) is 0 Å². The third kappa shape index (κ3) is 3.35. The van der Waals surface area contributed by atoms with E-state index < -0.39 is 62.9 Å². The molecule has 0 aromatic heterocycles. The number of hydrogen-bond acceptors (Lipinski definition) is 7. The number of alkyl halides is 2. The van der Waals surface area contributed by atoms with Gasteiger partial charge in [0.15, 0.2) is 21.2 Å². The van der Waals surface area contributed by atoms with Gasteiger partial charge >= 0.3 is 0 Å². The number of phenols is 1. The zero-order valence-corrected chi connectivity index (χ0v) is 23.7. The molecule has 2 heterocycles. The first kappa shape index (κ1) is 27.2. The summed E-state index contributed by atoms with van der Waals surface area (Å²) in [4.78, 5) is 50.4. The number of ether oxygens (including phenoxy) is 1. The van der Waals surface area contributed by atoms with Crippen LogP contribution in [0.25, 0.3) is 0 Å². The molecule has 9 nitrogen and oxygen atoms in total. The lowest BCUT2D eigenvalue weighted by Gasteiger charge is -2.50. The molecule has 4 amide bonds. The van der Waals surface area contributed by atoms with Crippen molar-refractivity contribution in [1.29, 1.82) is 0 Å². The Balaban J connectivity index is 1.62. The van der Waals surface area contributed by atoms with E-state index in [2.05, 4.69) is 15.9 Å². The van der Waals surface area contributed by atoms with Crippen molar-refractivity contribution in [3.05, 3.63) is 63.9 Å². The Morgan fingerprint density at radius 3 is 2.38 bits per heavy atom. The summed E-state index contributed by atoms with van der Waals surface area (Å²) in [6, 6.07) is 7.64. The molecule has 2 aliphatic carbocycles. The van der Waals surface area contributed by atoms with E-state index in [0.717, 1.165) is 17.0 Å². The number of carbonyl (C=O) groups is 4. The molecule has 0 unspecified atom stereocenters. The Kier molecular flexibility index (Phi) is 6.12. The highest BCUT2D eigenvalue weighted by Crippen LogP contribution is 2.66. The third-order valence-electron chi connectivity index (χ3n) is 8.47. The zero-order valence-electron chi connectivity index (χ0n) is 20.6. The Hall–Kier alpha value is -2.99. The summed E-state index contributed by atoms with van der Waals surface area (Å²) in [6.07, 6.45) is 1.39. The number of hydrogen-bond donors (Lipinski definition) is 2. The van der Waals surface area contributed by atoms with Crippen LogP contribution >= 0.6 is 39.1 Å². The summed E-state index contributed by atoms with van der Waals surface area (Å²) in [5.74, 6) is -8.47. The molecule has 2 N–H and O–H groups in total. The molecule has 13 heteroatoms. The number of amides is 4. The van der Waals surface area contributed by atoms with Crippen LogP contribution in [0.4, 0.5) is 10.1 Å². The maximum absolute atomic E-state index is 14.2. The quantitative estimate of drug-likeness (QED) is 0.220.